The van der Waals surface area contributed by atoms with E-state index in [4.69, 9.17) is 0 Å². The standard InChI is InChI=1S/C20H28N4O2/c1-16(25)23-11-13-24(14-12-23)19-8-7-18(15-22-19)20(26)21-10-9-17-5-3-2-4-6-17/h5,7-8,15H,2-4,6,9-14H2,1H3,(H,21,26). The predicted molar refractivity (Wildman–Crippen MR) is 102 cm³/mol. The van der Waals surface area contributed by atoms with Crippen LogP contribution >= 0.6 is 0 Å². The van der Waals surface area contributed by atoms with Gasteiger partial charge in [-0.1, -0.05) is 11.6 Å². The summed E-state index contributed by atoms with van der Waals surface area (Å²) < 4.78 is 0. The first kappa shape index (κ1) is 18.4. The van der Waals surface area contributed by atoms with Crippen molar-refractivity contribution in [3.05, 3.63) is 35.5 Å². The number of carbonyl (C=O) groups excluding carboxylic acids is 2. The molecule has 2 aliphatic rings. The minimum Gasteiger partial charge on any atom is -0.353 e. The van der Waals surface area contributed by atoms with Crippen molar-refractivity contribution in [1.29, 1.82) is 0 Å². The van der Waals surface area contributed by atoms with Crippen LogP contribution < -0.4 is 10.2 Å². The van der Waals surface area contributed by atoms with Gasteiger partial charge in [0.25, 0.3) is 5.91 Å². The average Bonchev–Trinajstić information content (AvgIpc) is 2.69. The molecule has 140 valence electrons. The first-order chi connectivity index (χ1) is 12.6. The molecule has 0 aromatic carbocycles. The summed E-state index contributed by atoms with van der Waals surface area (Å²) in [7, 11) is 0. The summed E-state index contributed by atoms with van der Waals surface area (Å²) in [6.07, 6.45) is 9.80. The van der Waals surface area contributed by atoms with E-state index < -0.39 is 0 Å². The number of pyridine rings is 1. The molecule has 1 aromatic heterocycles. The van der Waals surface area contributed by atoms with Crippen molar-refractivity contribution in [3.63, 3.8) is 0 Å². The number of rotatable bonds is 5. The zero-order valence-electron chi connectivity index (χ0n) is 15.5. The third-order valence-corrected chi connectivity index (χ3v) is 5.18. The molecule has 26 heavy (non-hydrogen) atoms. The minimum absolute atomic E-state index is 0.0677. The van der Waals surface area contributed by atoms with Crippen LogP contribution in [0.5, 0.6) is 0 Å². The number of aromatic nitrogens is 1. The van der Waals surface area contributed by atoms with Crippen LogP contribution in [0, 0.1) is 0 Å². The molecular weight excluding hydrogens is 328 g/mol. The van der Waals surface area contributed by atoms with Gasteiger partial charge in [0.2, 0.25) is 5.91 Å². The second kappa shape index (κ2) is 8.83. The highest BCUT2D eigenvalue weighted by atomic mass is 16.2. The number of carbonyl (C=O) groups is 2. The van der Waals surface area contributed by atoms with E-state index >= 15 is 0 Å². The smallest absolute Gasteiger partial charge is 0.252 e. The van der Waals surface area contributed by atoms with Crippen LogP contribution in [-0.4, -0.2) is 54.4 Å². The second-order valence-corrected chi connectivity index (χ2v) is 7.01. The summed E-state index contributed by atoms with van der Waals surface area (Å²) in [5.74, 6) is 0.910. The van der Waals surface area contributed by atoms with Gasteiger partial charge < -0.3 is 15.1 Å². The van der Waals surface area contributed by atoms with Crippen molar-refractivity contribution in [2.45, 2.75) is 39.0 Å². The number of hydrogen-bond acceptors (Lipinski definition) is 4. The summed E-state index contributed by atoms with van der Waals surface area (Å²) in [6.45, 7) is 5.26. The highest BCUT2D eigenvalue weighted by molar-refractivity contribution is 5.94. The van der Waals surface area contributed by atoms with Gasteiger partial charge in [0.05, 0.1) is 5.56 Å². The lowest BCUT2D eigenvalue weighted by atomic mass is 9.97. The second-order valence-electron chi connectivity index (χ2n) is 7.01. The third-order valence-electron chi connectivity index (χ3n) is 5.18. The number of amides is 2. The Morgan fingerprint density at radius 3 is 2.58 bits per heavy atom. The Bertz CT molecular complexity index is 661. The van der Waals surface area contributed by atoms with Crippen LogP contribution in [0.15, 0.2) is 30.0 Å². The van der Waals surface area contributed by atoms with Crippen LogP contribution in [0.1, 0.15) is 49.4 Å². The zero-order chi connectivity index (χ0) is 18.4. The summed E-state index contributed by atoms with van der Waals surface area (Å²) in [5.41, 5.74) is 2.06. The quantitative estimate of drug-likeness (QED) is 0.823. The molecule has 0 radical (unpaired) electrons. The molecule has 0 bridgehead atoms. The van der Waals surface area contributed by atoms with E-state index in [1.54, 1.807) is 13.1 Å². The highest BCUT2D eigenvalue weighted by Gasteiger charge is 2.19. The molecule has 0 saturated carbocycles. The van der Waals surface area contributed by atoms with Gasteiger partial charge in [-0.25, -0.2) is 4.98 Å². The Hall–Kier alpha value is -2.37. The Labute approximate surface area is 155 Å². The first-order valence-corrected chi connectivity index (χ1v) is 9.56. The van der Waals surface area contributed by atoms with Crippen molar-refractivity contribution < 1.29 is 9.59 Å². The predicted octanol–water partition coefficient (Wildman–Crippen LogP) is 2.37. The van der Waals surface area contributed by atoms with E-state index in [1.807, 2.05) is 17.0 Å². The van der Waals surface area contributed by atoms with Gasteiger partial charge in [0, 0.05) is 45.8 Å². The molecule has 1 saturated heterocycles. The fraction of sp³-hybridized carbons (Fsp3) is 0.550. The number of nitrogens with zero attached hydrogens (tertiary/aromatic N) is 3. The van der Waals surface area contributed by atoms with Crippen LogP contribution in [0.2, 0.25) is 0 Å². The van der Waals surface area contributed by atoms with Crippen molar-refractivity contribution in [2.24, 2.45) is 0 Å². The number of nitrogens with one attached hydrogen (secondary N) is 1. The van der Waals surface area contributed by atoms with Crippen molar-refractivity contribution >= 4 is 17.6 Å². The molecule has 1 aliphatic heterocycles. The molecule has 1 aromatic rings. The van der Waals surface area contributed by atoms with Crippen LogP contribution in [0.4, 0.5) is 5.82 Å². The molecule has 2 amide bonds. The van der Waals surface area contributed by atoms with Gasteiger partial charge in [0.1, 0.15) is 5.82 Å². The fourth-order valence-corrected chi connectivity index (χ4v) is 3.53. The molecule has 6 nitrogen and oxygen atoms in total. The molecule has 1 N–H and O–H groups in total. The van der Waals surface area contributed by atoms with Gasteiger partial charge in [-0.05, 0) is 44.2 Å². The normalized spacial score (nSPS) is 17.7. The van der Waals surface area contributed by atoms with Gasteiger partial charge in [-0.3, -0.25) is 9.59 Å². The van der Waals surface area contributed by atoms with E-state index in [-0.39, 0.29) is 11.8 Å². The molecule has 1 fully saturated rings. The number of piperazine rings is 1. The van der Waals surface area contributed by atoms with E-state index in [1.165, 1.54) is 31.3 Å². The molecule has 0 unspecified atom stereocenters. The first-order valence-electron chi connectivity index (χ1n) is 9.56. The van der Waals surface area contributed by atoms with Crippen molar-refractivity contribution in [1.82, 2.24) is 15.2 Å². The lowest BCUT2D eigenvalue weighted by Gasteiger charge is -2.34. The van der Waals surface area contributed by atoms with E-state index in [2.05, 4.69) is 21.3 Å². The van der Waals surface area contributed by atoms with Crippen molar-refractivity contribution in [2.75, 3.05) is 37.6 Å². The Balaban J connectivity index is 1.47. The van der Waals surface area contributed by atoms with Crippen LogP contribution in [-0.2, 0) is 4.79 Å². The molecule has 6 heteroatoms. The number of anilines is 1. The maximum absolute atomic E-state index is 12.3. The zero-order valence-corrected chi connectivity index (χ0v) is 15.5. The Morgan fingerprint density at radius 1 is 1.15 bits per heavy atom. The fourth-order valence-electron chi connectivity index (χ4n) is 3.53. The largest absolute Gasteiger partial charge is 0.353 e. The Morgan fingerprint density at radius 2 is 1.96 bits per heavy atom. The Kier molecular flexibility index (Phi) is 6.26. The number of hydrogen-bond donors (Lipinski definition) is 1. The summed E-state index contributed by atoms with van der Waals surface area (Å²) in [6, 6.07) is 3.72. The highest BCUT2D eigenvalue weighted by Crippen LogP contribution is 2.19. The van der Waals surface area contributed by atoms with Crippen LogP contribution in [0.25, 0.3) is 0 Å². The van der Waals surface area contributed by atoms with Gasteiger partial charge in [-0.2, -0.15) is 0 Å². The molecule has 0 atom stereocenters. The minimum atomic E-state index is -0.0677. The van der Waals surface area contributed by atoms with Gasteiger partial charge in [0.15, 0.2) is 0 Å². The average molecular weight is 356 g/mol. The lowest BCUT2D eigenvalue weighted by molar-refractivity contribution is -0.129. The topological polar surface area (TPSA) is 65.5 Å². The van der Waals surface area contributed by atoms with Crippen molar-refractivity contribution in [3.8, 4) is 0 Å². The third kappa shape index (κ3) is 4.84. The molecular formula is C20H28N4O2. The van der Waals surface area contributed by atoms with E-state index in [0.717, 1.165) is 38.4 Å². The molecule has 2 heterocycles. The monoisotopic (exact) mass is 356 g/mol. The molecule has 3 rings (SSSR count). The van der Waals surface area contributed by atoms with E-state index in [9.17, 15) is 9.59 Å². The summed E-state index contributed by atoms with van der Waals surface area (Å²) in [5, 5.41) is 2.99. The maximum atomic E-state index is 12.3. The molecule has 1 aliphatic carbocycles. The SMILES string of the molecule is CC(=O)N1CCN(c2ccc(C(=O)NCCC3=CCCCC3)cn2)CC1. The summed E-state index contributed by atoms with van der Waals surface area (Å²) in [4.78, 5) is 32.1. The summed E-state index contributed by atoms with van der Waals surface area (Å²) >= 11 is 0. The van der Waals surface area contributed by atoms with Crippen LogP contribution in [0.3, 0.4) is 0 Å². The van der Waals surface area contributed by atoms with E-state index in [0.29, 0.717) is 12.1 Å². The lowest BCUT2D eigenvalue weighted by Crippen LogP contribution is -2.48. The number of allylic oxidation sites excluding steroid dienone is 1. The van der Waals surface area contributed by atoms with Gasteiger partial charge >= 0.3 is 0 Å². The van der Waals surface area contributed by atoms with Gasteiger partial charge in [-0.15, -0.1) is 0 Å². The maximum Gasteiger partial charge on any atom is 0.252 e. The molecule has 0 spiro atoms.